The Morgan fingerprint density at radius 2 is 2.67 bits per heavy atom. The first kappa shape index (κ1) is 7.00. The Kier molecular flexibility index (Phi) is 2.98. The van der Waals surface area contributed by atoms with Crippen molar-refractivity contribution >= 4 is 11.8 Å². The summed E-state index contributed by atoms with van der Waals surface area (Å²) >= 11 is 1.93. The van der Waals surface area contributed by atoms with Gasteiger partial charge in [0.1, 0.15) is 0 Å². The van der Waals surface area contributed by atoms with Crippen molar-refractivity contribution in [3.63, 3.8) is 0 Å². The summed E-state index contributed by atoms with van der Waals surface area (Å²) in [7, 11) is 0. The predicted molar refractivity (Wildman–Crippen MR) is 43.2 cm³/mol. The molecule has 0 spiro atoms. The molecule has 0 atom stereocenters. The number of thioether (sulfide) groups is 1. The summed E-state index contributed by atoms with van der Waals surface area (Å²) in [5, 5.41) is 3.18. The molecular formula is C7H13NS. The minimum atomic E-state index is 1.08. The number of rotatable bonds is 3. The second kappa shape index (κ2) is 3.83. The van der Waals surface area contributed by atoms with E-state index in [4.69, 9.17) is 0 Å². The molecule has 2 heteroatoms. The zero-order valence-corrected chi connectivity index (χ0v) is 6.63. The number of unbranched alkanes of at least 4 members (excludes halogenated alkanes) is 1. The van der Waals surface area contributed by atoms with Crippen molar-refractivity contribution in [2.45, 2.75) is 26.2 Å². The molecule has 0 amide bonds. The van der Waals surface area contributed by atoms with Crippen LogP contribution in [-0.4, -0.2) is 5.88 Å². The predicted octanol–water partition coefficient (Wildman–Crippen LogP) is 2.31. The van der Waals surface area contributed by atoms with E-state index in [0.717, 1.165) is 5.88 Å². The topological polar surface area (TPSA) is 12.0 Å². The number of hydrogen-bond donors (Lipinski definition) is 1. The van der Waals surface area contributed by atoms with Gasteiger partial charge in [-0.1, -0.05) is 13.3 Å². The number of nitrogens with one attached hydrogen (secondary N) is 1. The third-order valence-electron chi connectivity index (χ3n) is 1.38. The van der Waals surface area contributed by atoms with Crippen LogP contribution in [0.15, 0.2) is 11.1 Å². The van der Waals surface area contributed by atoms with E-state index in [0.29, 0.717) is 0 Å². The van der Waals surface area contributed by atoms with Gasteiger partial charge in [-0.15, -0.1) is 11.8 Å². The zero-order chi connectivity index (χ0) is 6.53. The molecule has 1 nitrogen and oxygen atoms in total. The normalized spacial score (nSPS) is 17.2. The lowest BCUT2D eigenvalue weighted by Gasteiger charge is -1.94. The third-order valence-corrected chi connectivity index (χ3v) is 2.38. The van der Waals surface area contributed by atoms with E-state index in [1.54, 1.807) is 0 Å². The Morgan fingerprint density at radius 1 is 1.78 bits per heavy atom. The quantitative estimate of drug-likeness (QED) is 0.650. The van der Waals surface area contributed by atoms with Crippen LogP contribution in [0.4, 0.5) is 0 Å². The molecule has 9 heavy (non-hydrogen) atoms. The van der Waals surface area contributed by atoms with Gasteiger partial charge in [-0.25, -0.2) is 0 Å². The van der Waals surface area contributed by atoms with Crippen LogP contribution in [0.5, 0.6) is 0 Å². The molecule has 0 aromatic rings. The maximum absolute atomic E-state index is 3.18. The van der Waals surface area contributed by atoms with Gasteiger partial charge in [0, 0.05) is 11.1 Å². The molecule has 1 aliphatic heterocycles. The van der Waals surface area contributed by atoms with Crippen LogP contribution in [0.2, 0.25) is 0 Å². The molecular weight excluding hydrogens is 130 g/mol. The van der Waals surface area contributed by atoms with Crippen LogP contribution in [0, 0.1) is 0 Å². The number of hydrogen-bond acceptors (Lipinski definition) is 2. The van der Waals surface area contributed by atoms with E-state index < -0.39 is 0 Å². The molecule has 0 unspecified atom stereocenters. The van der Waals surface area contributed by atoms with Crippen molar-refractivity contribution < 1.29 is 0 Å². The van der Waals surface area contributed by atoms with Crippen molar-refractivity contribution in [3.05, 3.63) is 11.1 Å². The first-order chi connectivity index (χ1) is 4.43. The third kappa shape index (κ3) is 2.31. The van der Waals surface area contributed by atoms with Crippen LogP contribution in [0.3, 0.4) is 0 Å². The van der Waals surface area contributed by atoms with Gasteiger partial charge >= 0.3 is 0 Å². The minimum Gasteiger partial charge on any atom is -0.381 e. The lowest BCUT2D eigenvalue weighted by molar-refractivity contribution is 0.807. The zero-order valence-electron chi connectivity index (χ0n) is 5.81. The fourth-order valence-electron chi connectivity index (χ4n) is 0.827. The molecule has 0 saturated heterocycles. The SMILES string of the molecule is CCCCC1=CNCS1. The molecule has 0 aliphatic carbocycles. The van der Waals surface area contributed by atoms with E-state index in [-0.39, 0.29) is 0 Å². The summed E-state index contributed by atoms with van der Waals surface area (Å²) < 4.78 is 0. The van der Waals surface area contributed by atoms with Crippen LogP contribution in [-0.2, 0) is 0 Å². The average Bonchev–Trinajstić information content (AvgIpc) is 2.34. The fourth-order valence-corrected chi connectivity index (χ4v) is 1.63. The Morgan fingerprint density at radius 3 is 3.22 bits per heavy atom. The van der Waals surface area contributed by atoms with E-state index in [1.165, 1.54) is 24.2 Å². The first-order valence-electron chi connectivity index (χ1n) is 3.48. The Hall–Kier alpha value is -0.110. The summed E-state index contributed by atoms with van der Waals surface area (Å²) in [6, 6.07) is 0. The lowest BCUT2D eigenvalue weighted by atomic mass is 10.2. The van der Waals surface area contributed by atoms with Crippen LogP contribution in [0.25, 0.3) is 0 Å². The lowest BCUT2D eigenvalue weighted by Crippen LogP contribution is -1.93. The summed E-state index contributed by atoms with van der Waals surface area (Å²) in [4.78, 5) is 1.52. The van der Waals surface area contributed by atoms with Crippen molar-refractivity contribution in [1.82, 2.24) is 5.32 Å². The maximum Gasteiger partial charge on any atom is 0.0649 e. The summed E-state index contributed by atoms with van der Waals surface area (Å²) in [5.74, 6) is 1.08. The summed E-state index contributed by atoms with van der Waals surface area (Å²) in [5.41, 5.74) is 0. The highest BCUT2D eigenvalue weighted by molar-refractivity contribution is 8.03. The van der Waals surface area contributed by atoms with Crippen molar-refractivity contribution in [1.29, 1.82) is 0 Å². The largest absolute Gasteiger partial charge is 0.381 e. The molecule has 1 heterocycles. The summed E-state index contributed by atoms with van der Waals surface area (Å²) in [6.45, 7) is 2.23. The molecule has 0 fully saturated rings. The molecule has 1 N–H and O–H groups in total. The van der Waals surface area contributed by atoms with Gasteiger partial charge in [0.25, 0.3) is 0 Å². The molecule has 0 saturated carbocycles. The molecule has 52 valence electrons. The van der Waals surface area contributed by atoms with Gasteiger partial charge in [0.15, 0.2) is 0 Å². The van der Waals surface area contributed by atoms with Crippen molar-refractivity contribution in [3.8, 4) is 0 Å². The molecule has 0 bridgehead atoms. The highest BCUT2D eigenvalue weighted by atomic mass is 32.2. The van der Waals surface area contributed by atoms with Crippen molar-refractivity contribution in [2.75, 3.05) is 5.88 Å². The monoisotopic (exact) mass is 143 g/mol. The van der Waals surface area contributed by atoms with E-state index >= 15 is 0 Å². The fraction of sp³-hybridized carbons (Fsp3) is 0.714. The van der Waals surface area contributed by atoms with Crippen molar-refractivity contribution in [2.24, 2.45) is 0 Å². The standard InChI is InChI=1S/C7H13NS/c1-2-3-4-7-5-8-6-9-7/h5,8H,2-4,6H2,1H3. The van der Waals surface area contributed by atoms with Crippen LogP contribution < -0.4 is 5.32 Å². The number of allylic oxidation sites excluding steroid dienone is 1. The van der Waals surface area contributed by atoms with E-state index in [1.807, 2.05) is 11.8 Å². The highest BCUT2D eigenvalue weighted by Crippen LogP contribution is 2.23. The summed E-state index contributed by atoms with van der Waals surface area (Å²) in [6.07, 6.45) is 6.05. The smallest absolute Gasteiger partial charge is 0.0649 e. The Balaban J connectivity index is 2.11. The second-order valence-corrected chi connectivity index (χ2v) is 3.31. The molecule has 1 aliphatic rings. The van der Waals surface area contributed by atoms with Gasteiger partial charge in [0.05, 0.1) is 5.88 Å². The second-order valence-electron chi connectivity index (χ2n) is 2.21. The molecule has 0 aromatic carbocycles. The Labute approximate surface area is 60.9 Å². The van der Waals surface area contributed by atoms with Crippen LogP contribution >= 0.6 is 11.8 Å². The van der Waals surface area contributed by atoms with E-state index in [2.05, 4.69) is 18.4 Å². The minimum absolute atomic E-state index is 1.08. The molecule has 1 rings (SSSR count). The molecule has 0 radical (unpaired) electrons. The molecule has 0 aromatic heterocycles. The van der Waals surface area contributed by atoms with Gasteiger partial charge in [-0.05, 0) is 12.8 Å². The van der Waals surface area contributed by atoms with E-state index in [9.17, 15) is 0 Å². The maximum atomic E-state index is 3.18. The van der Waals surface area contributed by atoms with Crippen LogP contribution in [0.1, 0.15) is 26.2 Å². The first-order valence-corrected chi connectivity index (χ1v) is 4.47. The van der Waals surface area contributed by atoms with Gasteiger partial charge < -0.3 is 5.32 Å². The van der Waals surface area contributed by atoms with Gasteiger partial charge in [-0.2, -0.15) is 0 Å². The van der Waals surface area contributed by atoms with Gasteiger partial charge in [-0.3, -0.25) is 0 Å². The van der Waals surface area contributed by atoms with Gasteiger partial charge in [0.2, 0.25) is 0 Å². The Bertz CT molecular complexity index is 109. The highest BCUT2D eigenvalue weighted by Gasteiger charge is 2.01. The average molecular weight is 143 g/mol.